The zero-order chi connectivity index (χ0) is 72.3. The number of carbonyl (C=O) groups excluding carboxylic acids is 1. The highest BCUT2D eigenvalue weighted by Crippen LogP contribution is 2.36. The fourth-order valence-corrected chi connectivity index (χ4v) is 8.13. The summed E-state index contributed by atoms with van der Waals surface area (Å²) in [5.41, 5.74) is 0. The number of carbonyl (C=O) groups is 1. The number of ether oxygens (including phenoxy) is 7. The first-order chi connectivity index (χ1) is 43.4. The topological polar surface area (TPSA) is 830 Å². The maximum Gasteiger partial charge on any atom is 0.224 e. The van der Waals surface area contributed by atoms with Gasteiger partial charge in [-0.3, -0.25) is 4.79 Å². The van der Waals surface area contributed by atoms with Crippen LogP contribution < -0.4 is 0 Å². The normalized spacial score (nSPS) is 36.2. The van der Waals surface area contributed by atoms with Gasteiger partial charge in [-0.1, -0.05) is 0 Å². The van der Waals surface area contributed by atoms with Crippen molar-refractivity contribution in [1.82, 2.24) is 0 Å². The minimum absolute atomic E-state index is 0.667. The molecule has 0 aromatic rings. The lowest BCUT2D eigenvalue weighted by atomic mass is 9.98. The van der Waals surface area contributed by atoms with E-state index in [-0.39, 0.29) is 0 Å². The lowest BCUT2D eigenvalue weighted by Gasteiger charge is -2.43. The Bertz CT molecular complexity index is 1870. The van der Waals surface area contributed by atoms with Crippen LogP contribution in [-0.4, -0.2) is 488 Å². The van der Waals surface area contributed by atoms with E-state index >= 15 is 0 Å². The molecule has 4 saturated heterocycles. The van der Waals surface area contributed by atoms with Crippen LogP contribution in [0.25, 0.3) is 0 Å². The fourth-order valence-electron chi connectivity index (χ4n) is 8.13. The lowest BCUT2D eigenvalue weighted by Crippen LogP contribution is -2.62. The van der Waals surface area contributed by atoms with Crippen LogP contribution in [0.2, 0.25) is 0 Å². The molecule has 4 aliphatic rings. The van der Waals surface area contributed by atoms with Gasteiger partial charge < -0.3 is 222 Å². The summed E-state index contributed by atoms with van der Waals surface area (Å²) in [7, 11) is 0. The smallest absolute Gasteiger partial charge is 0.224 e. The second-order valence-corrected chi connectivity index (χ2v) is 21.0. The molecule has 93 heavy (non-hydrogen) atoms. The van der Waals surface area contributed by atoms with Crippen molar-refractivity contribution >= 4 is 5.78 Å². The molecule has 45 heteroatoms. The van der Waals surface area contributed by atoms with Crippen LogP contribution in [-0.2, 0) is 38.0 Å². The monoisotopic (exact) mass is 1390 g/mol. The molecular weight excluding hydrogens is 1300 g/mol. The average Bonchev–Trinajstić information content (AvgIpc) is 1.67. The van der Waals surface area contributed by atoms with E-state index in [0.29, 0.717) is 0 Å². The first-order valence-electron chi connectivity index (χ1n) is 27.9. The number of hydrogen-bond donors (Lipinski definition) is 37. The van der Waals surface area contributed by atoms with Crippen molar-refractivity contribution in [2.24, 2.45) is 0 Å². The van der Waals surface area contributed by atoms with Crippen LogP contribution in [0, 0.1) is 0 Å². The maximum absolute atomic E-state index is 11.0. The van der Waals surface area contributed by atoms with Gasteiger partial charge in [0.1, 0.15) is 196 Å². The van der Waals surface area contributed by atoms with E-state index < -0.39 is 299 Å². The molecule has 0 radical (unpaired) electrons. The Labute approximate surface area is 525 Å². The molecule has 0 aromatic heterocycles. The van der Waals surface area contributed by atoms with Crippen molar-refractivity contribution in [3.05, 3.63) is 0 Å². The van der Waals surface area contributed by atoms with Crippen molar-refractivity contribution in [2.75, 3.05) is 85.9 Å². The Balaban J connectivity index is 0.00000117. The van der Waals surface area contributed by atoms with Gasteiger partial charge in [0.15, 0.2) is 24.7 Å². The molecule has 4 aliphatic heterocycles. The molecule has 45 nitrogen and oxygen atoms in total. The largest absolute Gasteiger partial charge is 0.394 e. The van der Waals surface area contributed by atoms with Gasteiger partial charge in [-0.25, -0.2) is 0 Å². The van der Waals surface area contributed by atoms with Gasteiger partial charge in [-0.15, -0.1) is 0 Å². The summed E-state index contributed by atoms with van der Waals surface area (Å²) in [5.74, 6) is -3.33. The molecule has 0 saturated carbocycles. The van der Waals surface area contributed by atoms with Crippen LogP contribution >= 0.6 is 0 Å². The zero-order valence-electron chi connectivity index (χ0n) is 49.1. The van der Waals surface area contributed by atoms with E-state index in [1.54, 1.807) is 0 Å². The van der Waals surface area contributed by atoms with Gasteiger partial charge in [0.25, 0.3) is 0 Å². The van der Waals surface area contributed by atoms with Crippen molar-refractivity contribution in [3.63, 3.8) is 0 Å². The molecule has 0 spiro atoms. The van der Waals surface area contributed by atoms with Gasteiger partial charge in [-0.05, 0) is 0 Å². The third kappa shape index (κ3) is 25.9. The molecule has 0 unspecified atom stereocenters. The SMILES string of the molecule is O=C(CO)[C@@H](O)[C@H](O)[C@H](O)CO[C@H]1O[C@H](CO)[C@@H](O)[C@H](O)[C@H]1O.OC[C@@H](O)[C@@H](O)[C@H](O)[C@@H](O)CO.OC[C@@H](O)[C@@H](O)[C@H](O)[C@H](O)CO.OC[C@@H](O)[C@@H](O[C@H]1O[C@H](CO)[C@@H](O)[C@H](O)[C@H]1O)[C@H](O)[C@@H](O)CO.OC[C@H]1O[C@@](CO)(O[C@H]2O[C@H](CO)[C@@H](O)[C@H](O)[C@H]2O)[C@@H](O)[C@@H]1O. The van der Waals surface area contributed by atoms with Crippen LogP contribution in [0.15, 0.2) is 0 Å². The zero-order valence-corrected chi connectivity index (χ0v) is 49.1. The Kier molecular flexibility index (Phi) is 43.8. The molecule has 37 N–H and O–H groups in total. The maximum atomic E-state index is 11.0. The molecule has 4 heterocycles. The molecule has 0 bridgehead atoms. The molecule has 558 valence electrons. The number of hydrogen-bond acceptors (Lipinski definition) is 45. The minimum atomic E-state index is -2.22. The first-order valence-corrected chi connectivity index (χ1v) is 27.9. The van der Waals surface area contributed by atoms with E-state index in [9.17, 15) is 96.7 Å². The van der Waals surface area contributed by atoms with E-state index in [0.717, 1.165) is 0 Å². The number of Topliss-reactive ketones (excluding diaryl/α,β-unsaturated/α-hetero) is 1. The predicted molar refractivity (Wildman–Crippen MR) is 286 cm³/mol. The van der Waals surface area contributed by atoms with E-state index in [1.807, 2.05) is 0 Å². The summed E-state index contributed by atoms with van der Waals surface area (Å²) in [6, 6.07) is 0. The van der Waals surface area contributed by atoms with Crippen molar-refractivity contribution in [2.45, 2.75) is 208 Å². The van der Waals surface area contributed by atoms with E-state index in [1.165, 1.54) is 0 Å². The Morgan fingerprint density at radius 1 is 0.355 bits per heavy atom. The summed E-state index contributed by atoms with van der Waals surface area (Å²) in [6.07, 6.45) is -54.0. The Hall–Kier alpha value is -2.09. The van der Waals surface area contributed by atoms with Crippen molar-refractivity contribution in [3.8, 4) is 0 Å². The summed E-state index contributed by atoms with van der Waals surface area (Å²) < 4.78 is 35.5. The summed E-state index contributed by atoms with van der Waals surface area (Å²) in [6.45, 7) is -10.1. The van der Waals surface area contributed by atoms with Crippen molar-refractivity contribution < 1.29 is 227 Å². The molecule has 4 rings (SSSR count). The van der Waals surface area contributed by atoms with Crippen LogP contribution in [0.1, 0.15) is 0 Å². The van der Waals surface area contributed by atoms with E-state index in [4.69, 9.17) is 130 Å². The Morgan fingerprint density at radius 3 is 1.00 bits per heavy atom. The first kappa shape index (κ1) is 90.9. The number of aliphatic hydroxyl groups is 37. The predicted octanol–water partition coefficient (Wildman–Crippen LogP) is -23.9. The third-order valence-corrected chi connectivity index (χ3v) is 14.2. The number of ketones is 1. The molecular formula is C48H96O45. The van der Waals surface area contributed by atoms with Crippen LogP contribution in [0.5, 0.6) is 0 Å². The summed E-state index contributed by atoms with van der Waals surface area (Å²) in [5, 5.41) is 341. The quantitative estimate of drug-likeness (QED) is 0.0306. The standard InChI is InChI=1S/2C12H22O11.C12H24O11.2C6H14O6/c13-1-4-6(16)8(18)9(19)11(21-4)23-12(3-15)10(20)7(17)5(2-14)22-12;13-1-4(15)7(17)8(18)5(16)3-22-12-11(21)10(20)9(19)6(2-14)23-12;13-1-4(16)7(18)11(5(17)2-14)23-12-10(21)9(20)8(19)6(3-15)22-12;2*7-1-3(9)5(11)6(12)4(10)2-8/h4-11,13-20H,1-3H2;5-14,16-21H,1-3H2;4-21H,1-3H2;2*3-12H,1-2H2/t4-,5-,6-,7-,8+,9-,10+,11-,12+;5-,6-,7-,8-,9-,10+,11-,12+;4-,5+,6+,7+,8+,9-,10+,11+,12+;3-,4+,5-,6-;3-,4-,5-,6-/m11011/s1. The molecule has 0 aliphatic carbocycles. The molecule has 4 fully saturated rings. The van der Waals surface area contributed by atoms with Gasteiger partial charge in [0.05, 0.1) is 72.7 Å². The highest BCUT2D eigenvalue weighted by molar-refractivity contribution is 5.84. The lowest BCUT2D eigenvalue weighted by molar-refractivity contribution is -0.383. The van der Waals surface area contributed by atoms with Gasteiger partial charge in [0.2, 0.25) is 5.79 Å². The summed E-state index contributed by atoms with van der Waals surface area (Å²) in [4.78, 5) is 11.0. The van der Waals surface area contributed by atoms with Crippen LogP contribution in [0.3, 0.4) is 0 Å². The highest BCUT2D eigenvalue weighted by atomic mass is 16.8. The fraction of sp³-hybridized carbons (Fsp3) is 0.979. The van der Waals surface area contributed by atoms with Gasteiger partial charge in [-0.2, -0.15) is 0 Å². The van der Waals surface area contributed by atoms with Crippen LogP contribution in [0.4, 0.5) is 0 Å². The summed E-state index contributed by atoms with van der Waals surface area (Å²) >= 11 is 0. The Morgan fingerprint density at radius 2 is 0.677 bits per heavy atom. The average molecular weight is 1390 g/mol. The van der Waals surface area contributed by atoms with Gasteiger partial charge >= 0.3 is 0 Å². The second kappa shape index (κ2) is 44.8. The van der Waals surface area contributed by atoms with Crippen molar-refractivity contribution in [1.29, 1.82) is 0 Å². The third-order valence-electron chi connectivity index (χ3n) is 14.2. The minimum Gasteiger partial charge on any atom is -0.394 e. The second-order valence-electron chi connectivity index (χ2n) is 21.0. The number of rotatable bonds is 31. The molecule has 0 amide bonds. The highest BCUT2D eigenvalue weighted by Gasteiger charge is 2.58. The molecule has 34 atom stereocenters. The number of aliphatic hydroxyl groups excluding tert-OH is 37. The molecule has 0 aromatic carbocycles. The van der Waals surface area contributed by atoms with E-state index in [2.05, 4.69) is 0 Å². The van der Waals surface area contributed by atoms with Gasteiger partial charge in [0, 0.05) is 0 Å².